The molecule has 0 radical (unpaired) electrons. The van der Waals surface area contributed by atoms with Crippen molar-refractivity contribution in [2.24, 2.45) is 0 Å². The molecule has 0 spiro atoms. The zero-order valence-electron chi connectivity index (χ0n) is 12.6. The maximum absolute atomic E-state index is 10.6. The van der Waals surface area contributed by atoms with Gasteiger partial charge in [0.05, 0.1) is 0 Å². The minimum Gasteiger partial charge on any atom is -0.220 e. The topological polar surface area (TPSA) is 43.9 Å². The van der Waals surface area contributed by atoms with E-state index in [0.29, 0.717) is 12.1 Å². The summed E-state index contributed by atoms with van der Waals surface area (Å²) in [6, 6.07) is 0. The molecule has 0 heterocycles. The fourth-order valence-corrected chi connectivity index (χ4v) is 2.36. The Bertz CT molecular complexity index is 405. The zero-order valence-corrected chi connectivity index (χ0v) is 12.6. The first-order valence-corrected chi connectivity index (χ1v) is 7.81. The van der Waals surface area contributed by atoms with Crippen LogP contribution in [-0.2, 0) is 4.79 Å². The fraction of sp³-hybridized carbons (Fsp3) is 0.588. The molecule has 0 unspecified atom stereocenters. The molecule has 0 saturated carbocycles. The van der Waals surface area contributed by atoms with Gasteiger partial charge in [-0.2, -0.15) is 0 Å². The van der Waals surface area contributed by atoms with Gasteiger partial charge < -0.3 is 0 Å². The van der Waals surface area contributed by atoms with Crippen molar-refractivity contribution in [2.75, 3.05) is 0 Å². The van der Waals surface area contributed by atoms with Crippen molar-refractivity contribution in [3.8, 4) is 0 Å². The fourth-order valence-electron chi connectivity index (χ4n) is 2.36. The number of allylic oxidation sites excluding steroid dienone is 5. The lowest BCUT2D eigenvalue weighted by Crippen LogP contribution is -2.03. The van der Waals surface area contributed by atoms with E-state index in [2.05, 4.69) is 19.1 Å². The molecular formula is C17H27N2O+. The summed E-state index contributed by atoms with van der Waals surface area (Å²) in [6.07, 6.45) is 19.5. The highest BCUT2D eigenvalue weighted by Crippen LogP contribution is 2.17. The summed E-state index contributed by atoms with van der Waals surface area (Å²) in [6.45, 7) is 2.24. The normalized spacial score (nSPS) is 15.1. The van der Waals surface area contributed by atoms with Crippen LogP contribution in [0.1, 0.15) is 64.7 Å². The summed E-state index contributed by atoms with van der Waals surface area (Å²) in [5, 5.41) is 0. The number of carbonyl (C=O) groups is 1. The number of hydrogen-bond acceptors (Lipinski definition) is 2. The second kappa shape index (κ2) is 10.3. The third kappa shape index (κ3) is 6.60. The van der Waals surface area contributed by atoms with Crippen molar-refractivity contribution in [1.82, 2.24) is 0 Å². The van der Waals surface area contributed by atoms with E-state index in [1.165, 1.54) is 44.1 Å². The number of rotatable bonds is 9. The Hall–Kier alpha value is -1.51. The van der Waals surface area contributed by atoms with Crippen LogP contribution in [-0.4, -0.2) is 11.1 Å². The lowest BCUT2D eigenvalue weighted by Gasteiger charge is -2.05. The summed E-state index contributed by atoms with van der Waals surface area (Å²) in [4.78, 5) is 10.6. The molecule has 3 nitrogen and oxygen atoms in total. The number of nitrogens with zero attached hydrogens (tertiary/aromatic N) is 1. The summed E-state index contributed by atoms with van der Waals surface area (Å²) < 4.78 is 0.893. The molecule has 0 aromatic carbocycles. The Kier molecular flexibility index (Phi) is 8.52. The average molecular weight is 275 g/mol. The van der Waals surface area contributed by atoms with Gasteiger partial charge in [-0.1, -0.05) is 56.8 Å². The highest BCUT2D eigenvalue weighted by Gasteiger charge is 2.09. The van der Waals surface area contributed by atoms with Crippen LogP contribution in [0.4, 0.5) is 0 Å². The van der Waals surface area contributed by atoms with Crippen molar-refractivity contribution in [3.05, 3.63) is 35.6 Å². The zero-order chi connectivity index (χ0) is 14.6. The Morgan fingerprint density at radius 1 is 1.10 bits per heavy atom. The number of amides is 1. The second-order valence-corrected chi connectivity index (χ2v) is 5.31. The van der Waals surface area contributed by atoms with Crippen LogP contribution >= 0.6 is 0 Å². The van der Waals surface area contributed by atoms with Crippen LogP contribution in [0.2, 0.25) is 0 Å². The van der Waals surface area contributed by atoms with E-state index in [0.717, 1.165) is 24.0 Å². The van der Waals surface area contributed by atoms with Crippen LogP contribution in [0.15, 0.2) is 35.6 Å². The molecule has 0 bridgehead atoms. The summed E-state index contributed by atoms with van der Waals surface area (Å²) in [7, 11) is 0. The Morgan fingerprint density at radius 2 is 1.80 bits per heavy atom. The summed E-state index contributed by atoms with van der Waals surface area (Å²) in [5.74, 6) is 0. The van der Waals surface area contributed by atoms with E-state index in [-0.39, 0.29) is 0 Å². The lowest BCUT2D eigenvalue weighted by atomic mass is 10.0. The molecule has 0 atom stereocenters. The molecule has 0 aliphatic heterocycles. The minimum atomic E-state index is 0.537. The molecule has 20 heavy (non-hydrogen) atoms. The number of unbranched alkanes of at least 4 members (excludes halogenated alkanes) is 5. The van der Waals surface area contributed by atoms with Gasteiger partial charge in [-0.15, -0.1) is 0 Å². The van der Waals surface area contributed by atoms with Crippen LogP contribution in [0, 0.1) is 5.53 Å². The maximum Gasteiger partial charge on any atom is 0.405 e. The molecule has 110 valence electrons. The molecule has 0 saturated heterocycles. The first-order chi connectivity index (χ1) is 9.77. The van der Waals surface area contributed by atoms with E-state index in [4.69, 9.17) is 5.53 Å². The van der Waals surface area contributed by atoms with E-state index in [1.807, 2.05) is 12.2 Å². The molecule has 1 amide bonds. The largest absolute Gasteiger partial charge is 0.405 e. The van der Waals surface area contributed by atoms with E-state index in [9.17, 15) is 4.79 Å². The van der Waals surface area contributed by atoms with Gasteiger partial charge in [-0.25, -0.2) is 4.79 Å². The van der Waals surface area contributed by atoms with Gasteiger partial charge >= 0.3 is 6.41 Å². The minimum absolute atomic E-state index is 0.537. The molecular weight excluding hydrogens is 248 g/mol. The molecule has 0 aromatic heterocycles. The molecule has 3 heteroatoms. The van der Waals surface area contributed by atoms with Crippen LogP contribution in [0.5, 0.6) is 0 Å². The number of carbonyl (C=O) groups excluding carboxylic acids is 1. The van der Waals surface area contributed by atoms with Crippen LogP contribution in [0.25, 0.3) is 0 Å². The van der Waals surface area contributed by atoms with E-state index < -0.39 is 0 Å². The molecule has 1 aliphatic rings. The van der Waals surface area contributed by atoms with Gasteiger partial charge in [0.1, 0.15) is 0 Å². The van der Waals surface area contributed by atoms with Crippen molar-refractivity contribution < 1.29 is 9.49 Å². The highest BCUT2D eigenvalue weighted by molar-refractivity contribution is 5.38. The highest BCUT2D eigenvalue weighted by atomic mass is 16.1. The second-order valence-electron chi connectivity index (χ2n) is 5.31. The Balaban J connectivity index is 2.37. The van der Waals surface area contributed by atoms with Crippen molar-refractivity contribution in [2.45, 2.75) is 64.7 Å². The van der Waals surface area contributed by atoms with Crippen molar-refractivity contribution in [3.63, 3.8) is 0 Å². The van der Waals surface area contributed by atoms with Gasteiger partial charge in [0.25, 0.3) is 0 Å². The number of hydrogen-bond donors (Lipinski definition) is 1. The van der Waals surface area contributed by atoms with Gasteiger partial charge in [-0.3, -0.25) is 0 Å². The van der Waals surface area contributed by atoms with Crippen molar-refractivity contribution >= 4 is 6.41 Å². The third-order valence-electron chi connectivity index (χ3n) is 3.60. The SMILES string of the molecule is CCCCCCCCC1=CCCC=C([N+](=N)C=O)C=C1. The predicted molar refractivity (Wildman–Crippen MR) is 81.6 cm³/mol. The third-order valence-corrected chi connectivity index (χ3v) is 3.60. The van der Waals surface area contributed by atoms with Crippen molar-refractivity contribution in [1.29, 1.82) is 5.53 Å². The standard InChI is InChI=1S/C17H27N2O/c1-2-3-4-5-6-7-10-16-11-8-9-12-17(14-13-16)19(18)15-20/h11-15,18H,2-10H2,1H3/q+1. The quantitative estimate of drug-likeness (QED) is 0.270. The van der Waals surface area contributed by atoms with Gasteiger partial charge in [0.15, 0.2) is 0 Å². The Morgan fingerprint density at radius 3 is 2.55 bits per heavy atom. The van der Waals surface area contributed by atoms with E-state index >= 15 is 0 Å². The van der Waals surface area contributed by atoms with Crippen LogP contribution < -0.4 is 0 Å². The van der Waals surface area contributed by atoms with E-state index in [1.54, 1.807) is 0 Å². The molecule has 0 aromatic rings. The monoisotopic (exact) mass is 275 g/mol. The molecule has 1 rings (SSSR count). The molecule has 1 aliphatic carbocycles. The molecule has 0 fully saturated rings. The summed E-state index contributed by atoms with van der Waals surface area (Å²) in [5.41, 5.74) is 9.52. The maximum atomic E-state index is 10.6. The first kappa shape index (κ1) is 16.5. The Labute approximate surface area is 122 Å². The first-order valence-electron chi connectivity index (χ1n) is 7.81. The predicted octanol–water partition coefficient (Wildman–Crippen LogP) is 5.10. The number of nitrogens with one attached hydrogen (secondary N) is 1. The lowest BCUT2D eigenvalue weighted by molar-refractivity contribution is -0.469. The average Bonchev–Trinajstić information content (AvgIpc) is 2.44. The summed E-state index contributed by atoms with van der Waals surface area (Å²) >= 11 is 0. The van der Waals surface area contributed by atoms with Gasteiger partial charge in [-0.05, 0) is 42.0 Å². The van der Waals surface area contributed by atoms with Gasteiger partial charge in [0.2, 0.25) is 5.70 Å². The molecule has 1 N–H and O–H groups in total. The van der Waals surface area contributed by atoms with Gasteiger partial charge in [0, 0.05) is 6.08 Å². The van der Waals surface area contributed by atoms with Crippen LogP contribution in [0.3, 0.4) is 0 Å². The smallest absolute Gasteiger partial charge is 0.220 e.